The van der Waals surface area contributed by atoms with E-state index < -0.39 is 23.7 Å². The standard InChI is InChI=1S/C20H22FNO5/c1-26-9-10-27-13-16-12-15(7-8-17(16)21)19(23)22-18(20(24)25)11-14-5-3-2-4-6-14/h2-8,12,18H,9-11,13H2,1H3,(H,22,23)(H,24,25)/t18-/m0/s1. The first kappa shape index (κ1) is 20.5. The van der Waals surface area contributed by atoms with Crippen LogP contribution in [0, 0.1) is 5.82 Å². The van der Waals surface area contributed by atoms with E-state index in [1.54, 1.807) is 24.3 Å². The van der Waals surface area contributed by atoms with Crippen LogP contribution >= 0.6 is 0 Å². The molecule has 0 aliphatic carbocycles. The molecule has 2 rings (SSSR count). The summed E-state index contributed by atoms with van der Waals surface area (Å²) in [5.74, 6) is -2.23. The van der Waals surface area contributed by atoms with Crippen LogP contribution < -0.4 is 5.32 Å². The lowest BCUT2D eigenvalue weighted by Crippen LogP contribution is -2.42. The number of methoxy groups -OCH3 is 1. The molecule has 0 radical (unpaired) electrons. The van der Waals surface area contributed by atoms with Crippen molar-refractivity contribution in [2.75, 3.05) is 20.3 Å². The number of carbonyl (C=O) groups excluding carboxylic acids is 1. The van der Waals surface area contributed by atoms with Crippen LogP contribution in [0.1, 0.15) is 21.5 Å². The molecule has 0 fully saturated rings. The molecular formula is C20H22FNO5. The fraction of sp³-hybridized carbons (Fsp3) is 0.300. The minimum atomic E-state index is -1.14. The first-order valence-corrected chi connectivity index (χ1v) is 8.44. The van der Waals surface area contributed by atoms with Gasteiger partial charge in [-0.25, -0.2) is 9.18 Å². The van der Waals surface area contributed by atoms with E-state index in [4.69, 9.17) is 9.47 Å². The van der Waals surface area contributed by atoms with Gasteiger partial charge in [0.05, 0.1) is 19.8 Å². The minimum Gasteiger partial charge on any atom is -0.480 e. The van der Waals surface area contributed by atoms with Crippen molar-refractivity contribution in [1.82, 2.24) is 5.32 Å². The molecule has 2 aromatic rings. The quantitative estimate of drug-likeness (QED) is 0.623. The van der Waals surface area contributed by atoms with E-state index in [1.165, 1.54) is 19.2 Å². The van der Waals surface area contributed by atoms with Gasteiger partial charge in [-0.15, -0.1) is 0 Å². The normalized spacial score (nSPS) is 11.8. The molecular weight excluding hydrogens is 353 g/mol. The zero-order valence-corrected chi connectivity index (χ0v) is 15.0. The minimum absolute atomic E-state index is 0.0112. The molecule has 0 unspecified atom stereocenters. The molecule has 0 heterocycles. The summed E-state index contributed by atoms with van der Waals surface area (Å²) in [7, 11) is 1.53. The van der Waals surface area contributed by atoms with E-state index in [0.29, 0.717) is 13.2 Å². The van der Waals surface area contributed by atoms with E-state index in [-0.39, 0.29) is 24.2 Å². The summed E-state index contributed by atoms with van der Waals surface area (Å²) in [6.07, 6.45) is 0.149. The molecule has 144 valence electrons. The summed E-state index contributed by atoms with van der Waals surface area (Å²) in [6.45, 7) is 0.661. The average molecular weight is 375 g/mol. The van der Waals surface area contributed by atoms with Crippen LogP contribution in [0.15, 0.2) is 48.5 Å². The topological polar surface area (TPSA) is 84.9 Å². The van der Waals surface area contributed by atoms with Gasteiger partial charge in [-0.2, -0.15) is 0 Å². The van der Waals surface area contributed by atoms with Crippen molar-refractivity contribution in [2.24, 2.45) is 0 Å². The zero-order valence-electron chi connectivity index (χ0n) is 15.0. The zero-order chi connectivity index (χ0) is 19.6. The fourth-order valence-electron chi connectivity index (χ4n) is 2.44. The molecule has 0 saturated carbocycles. The van der Waals surface area contributed by atoms with Crippen molar-refractivity contribution in [3.8, 4) is 0 Å². The monoisotopic (exact) mass is 375 g/mol. The number of aliphatic carboxylic acids is 1. The summed E-state index contributed by atoms with van der Waals surface area (Å²) in [5.41, 5.74) is 1.17. The van der Waals surface area contributed by atoms with E-state index >= 15 is 0 Å². The van der Waals surface area contributed by atoms with Gasteiger partial charge >= 0.3 is 5.97 Å². The van der Waals surface area contributed by atoms with Gasteiger partial charge in [0.2, 0.25) is 0 Å². The summed E-state index contributed by atoms with van der Waals surface area (Å²) in [4.78, 5) is 23.9. The fourth-order valence-corrected chi connectivity index (χ4v) is 2.44. The van der Waals surface area contributed by atoms with Crippen molar-refractivity contribution in [2.45, 2.75) is 19.1 Å². The van der Waals surface area contributed by atoms with E-state index in [1.807, 2.05) is 6.07 Å². The summed E-state index contributed by atoms with van der Waals surface area (Å²) < 4.78 is 24.0. The van der Waals surface area contributed by atoms with E-state index in [0.717, 1.165) is 11.6 Å². The van der Waals surface area contributed by atoms with Crippen LogP contribution in [-0.2, 0) is 27.3 Å². The SMILES string of the molecule is COCCOCc1cc(C(=O)N[C@@H](Cc2ccccc2)C(=O)O)ccc1F. The number of hydrogen-bond donors (Lipinski definition) is 2. The highest BCUT2D eigenvalue weighted by Crippen LogP contribution is 2.13. The summed E-state index contributed by atoms with van der Waals surface area (Å²) in [5, 5.41) is 11.9. The molecule has 0 aliphatic heterocycles. The number of rotatable bonds is 10. The molecule has 1 amide bonds. The number of carboxylic acid groups (broad SMARTS) is 1. The Balaban J connectivity index is 2.05. The number of ether oxygens (including phenoxy) is 2. The molecule has 1 atom stereocenters. The van der Waals surface area contributed by atoms with Crippen molar-refractivity contribution >= 4 is 11.9 Å². The number of nitrogens with one attached hydrogen (secondary N) is 1. The third-order valence-electron chi connectivity index (χ3n) is 3.88. The second kappa shape index (κ2) is 10.4. The van der Waals surface area contributed by atoms with Gasteiger partial charge in [0, 0.05) is 24.7 Å². The molecule has 0 spiro atoms. The number of halogens is 1. The Hall–Kier alpha value is -2.77. The highest BCUT2D eigenvalue weighted by atomic mass is 19.1. The van der Waals surface area contributed by atoms with Crippen LogP contribution in [0.2, 0.25) is 0 Å². The molecule has 0 bridgehead atoms. The Morgan fingerprint density at radius 1 is 1.15 bits per heavy atom. The van der Waals surface area contributed by atoms with Gasteiger partial charge in [-0.1, -0.05) is 30.3 Å². The van der Waals surface area contributed by atoms with E-state index in [2.05, 4.69) is 5.32 Å². The van der Waals surface area contributed by atoms with Crippen LogP contribution in [0.4, 0.5) is 4.39 Å². The van der Waals surface area contributed by atoms with Crippen LogP contribution in [-0.4, -0.2) is 43.3 Å². The molecule has 0 aromatic heterocycles. The third kappa shape index (κ3) is 6.47. The number of amides is 1. The van der Waals surface area contributed by atoms with Crippen molar-refractivity contribution in [3.05, 3.63) is 71.0 Å². The van der Waals surface area contributed by atoms with Crippen LogP contribution in [0.5, 0.6) is 0 Å². The average Bonchev–Trinajstić information content (AvgIpc) is 2.66. The predicted octanol–water partition coefficient (Wildman–Crippen LogP) is 2.41. The molecule has 0 aliphatic rings. The van der Waals surface area contributed by atoms with Crippen molar-refractivity contribution in [3.63, 3.8) is 0 Å². The Kier molecular flexibility index (Phi) is 7.91. The Morgan fingerprint density at radius 2 is 1.89 bits per heavy atom. The molecule has 0 saturated heterocycles. The number of hydrogen-bond acceptors (Lipinski definition) is 4. The Morgan fingerprint density at radius 3 is 2.56 bits per heavy atom. The number of carboxylic acids is 1. The molecule has 7 heteroatoms. The second-order valence-corrected chi connectivity index (χ2v) is 5.91. The molecule has 2 aromatic carbocycles. The smallest absolute Gasteiger partial charge is 0.326 e. The van der Waals surface area contributed by atoms with Gasteiger partial charge < -0.3 is 19.9 Å². The number of carbonyl (C=O) groups is 2. The maximum atomic E-state index is 13.9. The van der Waals surface area contributed by atoms with Gasteiger partial charge in [-0.05, 0) is 23.8 Å². The highest BCUT2D eigenvalue weighted by Gasteiger charge is 2.21. The number of benzene rings is 2. The van der Waals surface area contributed by atoms with Crippen LogP contribution in [0.25, 0.3) is 0 Å². The Bertz CT molecular complexity index is 766. The summed E-state index contributed by atoms with van der Waals surface area (Å²) in [6, 6.07) is 11.7. The van der Waals surface area contributed by atoms with Gasteiger partial charge in [-0.3, -0.25) is 4.79 Å². The van der Waals surface area contributed by atoms with Crippen molar-refractivity contribution < 1.29 is 28.6 Å². The largest absolute Gasteiger partial charge is 0.480 e. The molecule has 27 heavy (non-hydrogen) atoms. The highest BCUT2D eigenvalue weighted by molar-refractivity contribution is 5.96. The van der Waals surface area contributed by atoms with Gasteiger partial charge in [0.1, 0.15) is 11.9 Å². The first-order valence-electron chi connectivity index (χ1n) is 8.44. The van der Waals surface area contributed by atoms with Crippen LogP contribution in [0.3, 0.4) is 0 Å². The Labute approximate surface area is 156 Å². The lowest BCUT2D eigenvalue weighted by molar-refractivity contribution is -0.139. The second-order valence-electron chi connectivity index (χ2n) is 5.91. The van der Waals surface area contributed by atoms with Gasteiger partial charge in [0.15, 0.2) is 0 Å². The lowest BCUT2D eigenvalue weighted by atomic mass is 10.0. The predicted molar refractivity (Wildman–Crippen MR) is 97.0 cm³/mol. The van der Waals surface area contributed by atoms with E-state index in [9.17, 15) is 19.1 Å². The third-order valence-corrected chi connectivity index (χ3v) is 3.88. The first-order chi connectivity index (χ1) is 13.0. The lowest BCUT2D eigenvalue weighted by Gasteiger charge is -2.15. The molecule has 2 N–H and O–H groups in total. The molecule has 6 nitrogen and oxygen atoms in total. The maximum absolute atomic E-state index is 13.9. The maximum Gasteiger partial charge on any atom is 0.326 e. The van der Waals surface area contributed by atoms with Crippen molar-refractivity contribution in [1.29, 1.82) is 0 Å². The summed E-state index contributed by atoms with van der Waals surface area (Å²) >= 11 is 0. The van der Waals surface area contributed by atoms with Gasteiger partial charge in [0.25, 0.3) is 5.91 Å².